The third-order valence-corrected chi connectivity index (χ3v) is 0.383. The van der Waals surface area contributed by atoms with E-state index in [1.807, 2.05) is 0 Å². The summed E-state index contributed by atoms with van der Waals surface area (Å²) in [6.07, 6.45) is 1.56. The summed E-state index contributed by atoms with van der Waals surface area (Å²) < 4.78 is 0. The molecule has 0 aromatic heterocycles. The van der Waals surface area contributed by atoms with E-state index in [2.05, 4.69) is 11.0 Å². The van der Waals surface area contributed by atoms with Crippen molar-refractivity contribution >= 4 is 0 Å². The van der Waals surface area contributed by atoms with Gasteiger partial charge in [0.15, 0.2) is 0 Å². The second kappa shape index (κ2) is 3.45. The van der Waals surface area contributed by atoms with Crippen molar-refractivity contribution in [1.29, 1.82) is 0 Å². The summed E-state index contributed by atoms with van der Waals surface area (Å²) in [5.41, 5.74) is 10.5. The first-order valence-electron chi connectivity index (χ1n) is 1.90. The molecule has 0 radical (unpaired) electrons. The van der Waals surface area contributed by atoms with E-state index < -0.39 is 0 Å². The molecule has 0 bridgehead atoms. The normalized spacial score (nSPS) is 11.4. The zero-order chi connectivity index (χ0) is 5.70. The van der Waals surface area contributed by atoms with E-state index in [9.17, 15) is 0 Å². The van der Waals surface area contributed by atoms with Crippen LogP contribution in [0.3, 0.4) is 0 Å². The van der Waals surface area contributed by atoms with Crippen molar-refractivity contribution in [1.82, 2.24) is 11.0 Å². The van der Waals surface area contributed by atoms with Crippen LogP contribution in [0.1, 0.15) is 6.92 Å². The summed E-state index contributed by atoms with van der Waals surface area (Å²) in [6, 6.07) is 0. The van der Waals surface area contributed by atoms with Gasteiger partial charge in [-0.25, -0.2) is 0 Å². The molecule has 0 atom stereocenters. The van der Waals surface area contributed by atoms with E-state index in [1.54, 1.807) is 13.1 Å². The fraction of sp³-hybridized carbons (Fsp3) is 0.333. The SMILES string of the molecule is C/C(N)=C/NNN. The van der Waals surface area contributed by atoms with Crippen molar-refractivity contribution in [3.05, 3.63) is 11.9 Å². The van der Waals surface area contributed by atoms with Crippen LogP contribution in [0.4, 0.5) is 0 Å². The summed E-state index contributed by atoms with van der Waals surface area (Å²) in [5, 5.41) is 0. The Morgan fingerprint density at radius 1 is 1.71 bits per heavy atom. The summed E-state index contributed by atoms with van der Waals surface area (Å²) >= 11 is 0. The molecular formula is C3H10N4. The number of hydrogen-bond donors (Lipinski definition) is 4. The number of rotatable bonds is 2. The van der Waals surface area contributed by atoms with Crippen LogP contribution in [0.25, 0.3) is 0 Å². The Kier molecular flexibility index (Phi) is 3.09. The summed E-state index contributed by atoms with van der Waals surface area (Å²) in [6.45, 7) is 1.75. The first-order chi connectivity index (χ1) is 3.27. The highest BCUT2D eigenvalue weighted by Crippen LogP contribution is 1.68. The molecule has 0 heterocycles. The van der Waals surface area contributed by atoms with Crippen LogP contribution in [0.5, 0.6) is 0 Å². The molecule has 0 fully saturated rings. The highest BCUT2D eigenvalue weighted by molar-refractivity contribution is 4.87. The first kappa shape index (κ1) is 6.26. The lowest BCUT2D eigenvalue weighted by molar-refractivity contribution is 0.660. The number of nitrogens with one attached hydrogen (secondary N) is 2. The maximum absolute atomic E-state index is 5.18. The van der Waals surface area contributed by atoms with E-state index >= 15 is 0 Å². The van der Waals surface area contributed by atoms with Crippen molar-refractivity contribution in [3.63, 3.8) is 0 Å². The van der Waals surface area contributed by atoms with Crippen LogP contribution in [0.2, 0.25) is 0 Å². The Bertz CT molecular complexity index is 63.3. The highest BCUT2D eigenvalue weighted by Gasteiger charge is 1.68. The Balaban J connectivity index is 3.08. The van der Waals surface area contributed by atoms with Gasteiger partial charge in [0.25, 0.3) is 0 Å². The molecule has 4 nitrogen and oxygen atoms in total. The van der Waals surface area contributed by atoms with E-state index in [1.165, 1.54) is 0 Å². The zero-order valence-corrected chi connectivity index (χ0v) is 4.23. The van der Waals surface area contributed by atoms with Gasteiger partial charge in [-0.1, -0.05) is 0 Å². The quantitative estimate of drug-likeness (QED) is 0.260. The Morgan fingerprint density at radius 3 is 2.43 bits per heavy atom. The van der Waals surface area contributed by atoms with Crippen LogP contribution in [-0.2, 0) is 0 Å². The largest absolute Gasteiger partial charge is 0.401 e. The third-order valence-electron chi connectivity index (χ3n) is 0.383. The van der Waals surface area contributed by atoms with Gasteiger partial charge in [0.1, 0.15) is 0 Å². The molecule has 0 aliphatic heterocycles. The van der Waals surface area contributed by atoms with E-state index in [0.29, 0.717) is 5.70 Å². The standard InChI is InChI=1S/C3H10N4/c1-3(4)2-6-7-5/h2,6-7H,4-5H2,1H3/b3-2-. The second-order valence-corrected chi connectivity index (χ2v) is 1.18. The Hall–Kier alpha value is -0.740. The molecule has 0 unspecified atom stereocenters. The number of hydrogen-bond acceptors (Lipinski definition) is 4. The lowest BCUT2D eigenvalue weighted by atomic mass is 10.6. The lowest BCUT2D eigenvalue weighted by Gasteiger charge is -1.93. The fourth-order valence-corrected chi connectivity index (χ4v) is 0.156. The average molecular weight is 102 g/mol. The molecule has 0 amide bonds. The van der Waals surface area contributed by atoms with E-state index in [-0.39, 0.29) is 0 Å². The van der Waals surface area contributed by atoms with Gasteiger partial charge in [0.05, 0.1) is 0 Å². The van der Waals surface area contributed by atoms with Crippen molar-refractivity contribution in [2.24, 2.45) is 11.6 Å². The molecule has 42 valence electrons. The van der Waals surface area contributed by atoms with E-state index in [0.717, 1.165) is 0 Å². The molecule has 0 saturated heterocycles. The molecule has 7 heavy (non-hydrogen) atoms. The third kappa shape index (κ3) is 5.26. The molecule has 0 aliphatic rings. The minimum Gasteiger partial charge on any atom is -0.401 e. The summed E-state index contributed by atoms with van der Waals surface area (Å²) in [4.78, 5) is 0. The van der Waals surface area contributed by atoms with Crippen molar-refractivity contribution in [3.8, 4) is 0 Å². The van der Waals surface area contributed by atoms with Gasteiger partial charge in [0.2, 0.25) is 0 Å². The lowest BCUT2D eigenvalue weighted by Crippen LogP contribution is -2.34. The fourth-order valence-electron chi connectivity index (χ4n) is 0.156. The van der Waals surface area contributed by atoms with Gasteiger partial charge in [-0.2, -0.15) is 5.53 Å². The average Bonchev–Trinajstić information content (AvgIpc) is 1.61. The zero-order valence-electron chi connectivity index (χ0n) is 4.23. The van der Waals surface area contributed by atoms with Crippen LogP contribution in [-0.4, -0.2) is 0 Å². The monoisotopic (exact) mass is 102 g/mol. The maximum atomic E-state index is 5.18. The predicted molar refractivity (Wildman–Crippen MR) is 28.4 cm³/mol. The number of hydrazine groups is 2. The molecular weight excluding hydrogens is 92.1 g/mol. The summed E-state index contributed by atoms with van der Waals surface area (Å²) in [5.74, 6) is 4.82. The highest BCUT2D eigenvalue weighted by atomic mass is 15.5. The molecule has 0 aromatic rings. The topological polar surface area (TPSA) is 76.1 Å². The minimum absolute atomic E-state index is 0.679. The molecule has 0 aliphatic carbocycles. The van der Waals surface area contributed by atoms with Gasteiger partial charge in [-0.05, 0) is 6.92 Å². The maximum Gasteiger partial charge on any atom is 0.0323 e. The second-order valence-electron chi connectivity index (χ2n) is 1.18. The molecule has 0 saturated carbocycles. The smallest absolute Gasteiger partial charge is 0.0323 e. The Labute approximate surface area is 42.5 Å². The van der Waals surface area contributed by atoms with Crippen molar-refractivity contribution < 1.29 is 0 Å². The molecule has 4 heteroatoms. The van der Waals surface area contributed by atoms with Crippen LogP contribution >= 0.6 is 0 Å². The van der Waals surface area contributed by atoms with Gasteiger partial charge < -0.3 is 11.2 Å². The molecule has 0 spiro atoms. The van der Waals surface area contributed by atoms with Crippen molar-refractivity contribution in [2.75, 3.05) is 0 Å². The van der Waals surface area contributed by atoms with E-state index in [4.69, 9.17) is 11.6 Å². The van der Waals surface area contributed by atoms with Crippen LogP contribution in [0.15, 0.2) is 11.9 Å². The van der Waals surface area contributed by atoms with Crippen LogP contribution < -0.4 is 22.5 Å². The number of allylic oxidation sites excluding steroid dienone is 1. The van der Waals surface area contributed by atoms with Crippen molar-refractivity contribution in [2.45, 2.75) is 6.92 Å². The predicted octanol–water partition coefficient (Wildman–Crippen LogP) is -1.23. The molecule has 0 rings (SSSR count). The van der Waals surface area contributed by atoms with Crippen LogP contribution in [0, 0.1) is 0 Å². The van der Waals surface area contributed by atoms with Gasteiger partial charge >= 0.3 is 0 Å². The minimum atomic E-state index is 0.679. The Morgan fingerprint density at radius 2 is 2.29 bits per heavy atom. The molecule has 0 aromatic carbocycles. The van der Waals surface area contributed by atoms with Gasteiger partial charge in [0, 0.05) is 11.9 Å². The van der Waals surface area contributed by atoms with Gasteiger partial charge in [-0.15, -0.1) is 0 Å². The van der Waals surface area contributed by atoms with Gasteiger partial charge in [-0.3, -0.25) is 5.84 Å². The summed E-state index contributed by atoms with van der Waals surface area (Å²) in [7, 11) is 0. The molecule has 6 N–H and O–H groups in total. The first-order valence-corrected chi connectivity index (χ1v) is 1.90. The number of nitrogens with two attached hydrogens (primary N) is 2.